The minimum absolute atomic E-state index is 0.539. The first-order valence-corrected chi connectivity index (χ1v) is 3.99. The highest BCUT2D eigenvalue weighted by Gasteiger charge is 2.08. The molecule has 1 aromatic rings. The van der Waals surface area contributed by atoms with E-state index in [4.69, 9.17) is 0 Å². The third-order valence-corrected chi connectivity index (χ3v) is 1.47. The van der Waals surface area contributed by atoms with E-state index in [0.29, 0.717) is 5.69 Å². The number of hydrogen-bond donors (Lipinski definition) is 1. The van der Waals surface area contributed by atoms with Crippen molar-refractivity contribution in [2.75, 3.05) is 12.4 Å². The van der Waals surface area contributed by atoms with Crippen molar-refractivity contribution in [1.82, 2.24) is 0 Å². The predicted octanol–water partition coefficient (Wildman–Crippen LogP) is 2.08. The Labute approximate surface area is 81.2 Å². The lowest BCUT2D eigenvalue weighted by Crippen LogP contribution is -2.11. The third kappa shape index (κ3) is 2.90. The summed E-state index contributed by atoms with van der Waals surface area (Å²) in [6.07, 6.45) is 0.748. The fraction of sp³-hybridized carbons (Fsp3) is 0.100. The van der Waals surface area contributed by atoms with E-state index < -0.39 is 11.7 Å². The number of rotatable bonds is 3. The summed E-state index contributed by atoms with van der Waals surface area (Å²) in [6, 6.07) is 8.62. The fourth-order valence-corrected chi connectivity index (χ4v) is 0.869. The molecule has 1 amide bonds. The largest absolute Gasteiger partial charge is 0.501 e. The fourth-order valence-electron chi connectivity index (χ4n) is 0.869. The summed E-state index contributed by atoms with van der Waals surface area (Å²) in [6.45, 7) is 0. The van der Waals surface area contributed by atoms with Crippen molar-refractivity contribution in [1.29, 1.82) is 0 Å². The van der Waals surface area contributed by atoms with Crippen LogP contribution in [0.15, 0.2) is 42.4 Å². The molecule has 0 saturated heterocycles. The second-order valence-electron chi connectivity index (χ2n) is 2.52. The molecule has 0 saturated carbocycles. The van der Waals surface area contributed by atoms with Crippen LogP contribution in [0.4, 0.5) is 10.1 Å². The van der Waals surface area contributed by atoms with Crippen LogP contribution in [0.2, 0.25) is 0 Å². The quantitative estimate of drug-likeness (QED) is 0.592. The van der Waals surface area contributed by atoms with Crippen LogP contribution < -0.4 is 5.32 Å². The van der Waals surface area contributed by atoms with Crippen molar-refractivity contribution < 1.29 is 13.9 Å². The summed E-state index contributed by atoms with van der Waals surface area (Å²) in [7, 11) is 1.27. The Kier molecular flexibility index (Phi) is 3.67. The highest BCUT2D eigenvalue weighted by molar-refractivity contribution is 6.01. The third-order valence-electron chi connectivity index (χ3n) is 1.47. The first-order chi connectivity index (χ1) is 6.74. The van der Waals surface area contributed by atoms with Gasteiger partial charge in [0.15, 0.2) is 0 Å². The Bertz CT molecular complexity index is 335. The zero-order chi connectivity index (χ0) is 10.4. The molecule has 1 N–H and O–H groups in total. The Hall–Kier alpha value is -1.84. The van der Waals surface area contributed by atoms with Crippen molar-refractivity contribution in [3.63, 3.8) is 0 Å². The van der Waals surface area contributed by atoms with Crippen LogP contribution in [0, 0.1) is 0 Å². The SMILES string of the molecule is CO/C=C(\F)C(=O)Nc1ccccc1. The first-order valence-electron chi connectivity index (χ1n) is 3.99. The Morgan fingerprint density at radius 1 is 1.43 bits per heavy atom. The van der Waals surface area contributed by atoms with Gasteiger partial charge in [-0.3, -0.25) is 4.79 Å². The maximum absolute atomic E-state index is 12.8. The van der Waals surface area contributed by atoms with Gasteiger partial charge in [0.2, 0.25) is 5.83 Å². The number of hydrogen-bond acceptors (Lipinski definition) is 2. The lowest BCUT2D eigenvalue weighted by atomic mass is 10.3. The molecule has 0 spiro atoms. The maximum Gasteiger partial charge on any atom is 0.287 e. The molecule has 0 atom stereocenters. The lowest BCUT2D eigenvalue weighted by Gasteiger charge is -2.01. The van der Waals surface area contributed by atoms with E-state index in [9.17, 15) is 9.18 Å². The van der Waals surface area contributed by atoms with E-state index in [-0.39, 0.29) is 0 Å². The van der Waals surface area contributed by atoms with Gasteiger partial charge in [0, 0.05) is 5.69 Å². The van der Waals surface area contributed by atoms with Crippen molar-refractivity contribution in [3.8, 4) is 0 Å². The predicted molar refractivity (Wildman–Crippen MR) is 51.3 cm³/mol. The van der Waals surface area contributed by atoms with E-state index >= 15 is 0 Å². The van der Waals surface area contributed by atoms with Crippen LogP contribution in [0.1, 0.15) is 0 Å². The lowest BCUT2D eigenvalue weighted by molar-refractivity contribution is -0.114. The molecule has 0 aromatic heterocycles. The monoisotopic (exact) mass is 195 g/mol. The van der Waals surface area contributed by atoms with Crippen molar-refractivity contribution in [3.05, 3.63) is 42.4 Å². The summed E-state index contributed by atoms with van der Waals surface area (Å²) < 4.78 is 17.2. The minimum atomic E-state index is -0.962. The molecule has 1 rings (SSSR count). The van der Waals surface area contributed by atoms with E-state index in [2.05, 4.69) is 10.1 Å². The van der Waals surface area contributed by atoms with Crippen molar-refractivity contribution in [2.24, 2.45) is 0 Å². The summed E-state index contributed by atoms with van der Waals surface area (Å²) in [5, 5.41) is 2.36. The van der Waals surface area contributed by atoms with Crippen LogP contribution in [-0.4, -0.2) is 13.0 Å². The molecule has 3 nitrogen and oxygen atoms in total. The number of anilines is 1. The number of carbonyl (C=O) groups excluding carboxylic acids is 1. The second kappa shape index (κ2) is 5.01. The zero-order valence-corrected chi connectivity index (χ0v) is 7.66. The molecule has 14 heavy (non-hydrogen) atoms. The number of ether oxygens (including phenoxy) is 1. The summed E-state index contributed by atoms with van der Waals surface area (Å²) >= 11 is 0. The zero-order valence-electron chi connectivity index (χ0n) is 7.66. The van der Waals surface area contributed by atoms with Gasteiger partial charge in [-0.2, -0.15) is 4.39 Å². The van der Waals surface area contributed by atoms with Gasteiger partial charge in [-0.1, -0.05) is 18.2 Å². The second-order valence-corrected chi connectivity index (χ2v) is 2.52. The van der Waals surface area contributed by atoms with Crippen LogP contribution in [0.3, 0.4) is 0 Å². The maximum atomic E-state index is 12.8. The van der Waals surface area contributed by atoms with E-state index in [1.54, 1.807) is 30.3 Å². The molecule has 0 heterocycles. The molecule has 4 heteroatoms. The Balaban J connectivity index is 2.62. The highest BCUT2D eigenvalue weighted by atomic mass is 19.1. The molecule has 0 unspecified atom stereocenters. The highest BCUT2D eigenvalue weighted by Crippen LogP contribution is 2.07. The normalized spacial score (nSPS) is 10.9. The van der Waals surface area contributed by atoms with Gasteiger partial charge in [-0.25, -0.2) is 0 Å². The molecule has 0 aliphatic rings. The molecule has 0 fully saturated rings. The molecule has 0 radical (unpaired) electrons. The molecule has 0 aliphatic heterocycles. The van der Waals surface area contributed by atoms with Gasteiger partial charge in [-0.05, 0) is 12.1 Å². The summed E-state index contributed by atoms with van der Waals surface area (Å²) in [4.78, 5) is 11.1. The topological polar surface area (TPSA) is 38.3 Å². The van der Waals surface area contributed by atoms with E-state index in [1.807, 2.05) is 0 Å². The van der Waals surface area contributed by atoms with Gasteiger partial charge < -0.3 is 10.1 Å². The number of halogens is 1. The van der Waals surface area contributed by atoms with Crippen LogP contribution >= 0.6 is 0 Å². The smallest absolute Gasteiger partial charge is 0.287 e. The molecular weight excluding hydrogens is 185 g/mol. The molecular formula is C10H10FNO2. The standard InChI is InChI=1S/C10H10FNO2/c1-14-7-9(11)10(13)12-8-5-3-2-4-6-8/h2-7H,1H3,(H,12,13)/b9-7-. The number of benzene rings is 1. The van der Waals surface area contributed by atoms with Gasteiger partial charge in [0.05, 0.1) is 7.11 Å². The Morgan fingerprint density at radius 3 is 2.64 bits per heavy atom. The minimum Gasteiger partial charge on any atom is -0.501 e. The van der Waals surface area contributed by atoms with Crippen LogP contribution in [0.5, 0.6) is 0 Å². The number of nitrogens with one attached hydrogen (secondary N) is 1. The van der Waals surface area contributed by atoms with Crippen LogP contribution in [-0.2, 0) is 9.53 Å². The molecule has 1 aromatic carbocycles. The average molecular weight is 195 g/mol. The summed E-state index contributed by atoms with van der Waals surface area (Å²) in [5.74, 6) is -1.78. The number of carbonyl (C=O) groups is 1. The molecule has 0 aliphatic carbocycles. The van der Waals surface area contributed by atoms with Gasteiger partial charge in [-0.15, -0.1) is 0 Å². The molecule has 74 valence electrons. The number of para-hydroxylation sites is 1. The average Bonchev–Trinajstić information content (AvgIpc) is 2.19. The number of amides is 1. The van der Waals surface area contributed by atoms with E-state index in [1.165, 1.54) is 7.11 Å². The summed E-state index contributed by atoms with van der Waals surface area (Å²) in [5.41, 5.74) is 0.539. The van der Waals surface area contributed by atoms with Crippen LogP contribution in [0.25, 0.3) is 0 Å². The van der Waals surface area contributed by atoms with Gasteiger partial charge in [0.25, 0.3) is 5.91 Å². The van der Waals surface area contributed by atoms with Crippen molar-refractivity contribution >= 4 is 11.6 Å². The first kappa shape index (κ1) is 10.2. The molecule has 0 bridgehead atoms. The van der Waals surface area contributed by atoms with Crippen molar-refractivity contribution in [2.45, 2.75) is 0 Å². The van der Waals surface area contributed by atoms with E-state index in [0.717, 1.165) is 6.26 Å². The van der Waals surface area contributed by atoms with Gasteiger partial charge in [0.1, 0.15) is 6.26 Å². The van der Waals surface area contributed by atoms with Gasteiger partial charge >= 0.3 is 0 Å². The Morgan fingerprint density at radius 2 is 2.07 bits per heavy atom. The number of methoxy groups -OCH3 is 1.